The Kier molecular flexibility index (Phi) is 5.56. The Labute approximate surface area is 186 Å². The summed E-state index contributed by atoms with van der Waals surface area (Å²) in [4.78, 5) is 25.5. The zero-order valence-electron chi connectivity index (χ0n) is 17.8. The number of nitrogens with one attached hydrogen (secondary N) is 1. The number of imidazole rings is 1. The Bertz CT molecular complexity index is 1170. The summed E-state index contributed by atoms with van der Waals surface area (Å²) < 4.78 is 53.8. The number of nitrogens with zero attached hydrogens (tertiary/aromatic N) is 5. The lowest BCUT2D eigenvalue weighted by atomic mass is 9.99. The van der Waals surface area contributed by atoms with Crippen LogP contribution in [0, 0.1) is 5.82 Å². The Morgan fingerprint density at radius 1 is 1.15 bits per heavy atom. The molecule has 1 aliphatic heterocycles. The number of rotatable bonds is 4. The molecule has 0 atom stereocenters. The maximum Gasteiger partial charge on any atom is 0.451 e. The minimum atomic E-state index is -4.66. The third-order valence-corrected chi connectivity index (χ3v) is 5.50. The van der Waals surface area contributed by atoms with Crippen molar-refractivity contribution in [1.29, 1.82) is 0 Å². The van der Waals surface area contributed by atoms with Gasteiger partial charge in [0.2, 0.25) is 11.7 Å². The summed E-state index contributed by atoms with van der Waals surface area (Å²) in [6.45, 7) is 4.23. The zero-order chi connectivity index (χ0) is 24.0. The fraction of sp³-hybridized carbons (Fsp3) is 0.333. The molecular weight excluding hydrogens is 442 g/mol. The monoisotopic (exact) mass is 463 g/mol. The minimum Gasteiger partial charge on any atom is -0.337 e. The van der Waals surface area contributed by atoms with Crippen molar-refractivity contribution in [3.05, 3.63) is 54.1 Å². The van der Waals surface area contributed by atoms with Crippen molar-refractivity contribution >= 4 is 17.4 Å². The first-order chi connectivity index (χ1) is 15.5. The first-order valence-corrected chi connectivity index (χ1v) is 10.1. The molecule has 1 amide bonds. The van der Waals surface area contributed by atoms with E-state index in [1.807, 2.05) is 18.4 Å². The zero-order valence-corrected chi connectivity index (χ0v) is 17.8. The second-order valence-electron chi connectivity index (χ2n) is 8.02. The van der Waals surface area contributed by atoms with Crippen molar-refractivity contribution in [2.75, 3.05) is 18.4 Å². The maximum atomic E-state index is 13.5. The van der Waals surface area contributed by atoms with Gasteiger partial charge in [-0.1, -0.05) is 0 Å². The van der Waals surface area contributed by atoms with Gasteiger partial charge in [-0.15, -0.1) is 0 Å². The standard InChI is InChI=1S/C21H21F4N7O/c1-20(2)19-30-16(12-3-5-13(22)6-4-12)17(31(19)7-8-32(20)15(33)9-26)29-14-10-27-18(28-11-14)21(23,24)25/h3-6,10-11,29H,7-9,26H2,1-2H3. The molecule has 33 heavy (non-hydrogen) atoms. The summed E-state index contributed by atoms with van der Waals surface area (Å²) in [7, 11) is 0. The number of benzene rings is 1. The second kappa shape index (κ2) is 8.10. The highest BCUT2D eigenvalue weighted by molar-refractivity contribution is 5.80. The van der Waals surface area contributed by atoms with Gasteiger partial charge in [0.25, 0.3) is 0 Å². The molecule has 0 spiro atoms. The van der Waals surface area contributed by atoms with Crippen LogP contribution in [0.3, 0.4) is 0 Å². The normalized spacial score (nSPS) is 15.3. The van der Waals surface area contributed by atoms with Crippen LogP contribution in [0.2, 0.25) is 0 Å². The molecular formula is C21H21F4N7O. The van der Waals surface area contributed by atoms with E-state index in [4.69, 9.17) is 10.7 Å². The average molecular weight is 463 g/mol. The first kappa shape index (κ1) is 22.6. The number of anilines is 2. The van der Waals surface area contributed by atoms with Gasteiger partial charge in [0.15, 0.2) is 0 Å². The third-order valence-electron chi connectivity index (χ3n) is 5.50. The van der Waals surface area contributed by atoms with Crippen LogP contribution in [-0.4, -0.2) is 43.4 Å². The van der Waals surface area contributed by atoms with E-state index >= 15 is 0 Å². The van der Waals surface area contributed by atoms with Crippen LogP contribution in [0.1, 0.15) is 25.5 Å². The van der Waals surface area contributed by atoms with Gasteiger partial charge in [-0.2, -0.15) is 13.2 Å². The highest BCUT2D eigenvalue weighted by atomic mass is 19.4. The molecule has 174 valence electrons. The Balaban J connectivity index is 1.81. The molecule has 3 heterocycles. The van der Waals surface area contributed by atoms with Gasteiger partial charge in [0, 0.05) is 18.7 Å². The number of hydrogen-bond donors (Lipinski definition) is 2. The maximum absolute atomic E-state index is 13.5. The van der Waals surface area contributed by atoms with Gasteiger partial charge in [0.05, 0.1) is 30.2 Å². The van der Waals surface area contributed by atoms with Gasteiger partial charge in [0.1, 0.15) is 23.2 Å². The number of fused-ring (bicyclic) bond motifs is 1. The lowest BCUT2D eigenvalue weighted by Gasteiger charge is -2.42. The fourth-order valence-electron chi connectivity index (χ4n) is 3.90. The predicted octanol–water partition coefficient (Wildman–Crippen LogP) is 3.28. The Morgan fingerprint density at radius 3 is 2.36 bits per heavy atom. The van der Waals surface area contributed by atoms with Crippen molar-refractivity contribution in [2.45, 2.75) is 32.1 Å². The van der Waals surface area contributed by atoms with Gasteiger partial charge in [-0.25, -0.2) is 19.3 Å². The topological polar surface area (TPSA) is 102 Å². The summed E-state index contributed by atoms with van der Waals surface area (Å²) >= 11 is 0. The smallest absolute Gasteiger partial charge is 0.337 e. The van der Waals surface area contributed by atoms with Gasteiger partial charge in [-0.05, 0) is 38.1 Å². The molecule has 8 nitrogen and oxygen atoms in total. The average Bonchev–Trinajstić information content (AvgIpc) is 3.13. The van der Waals surface area contributed by atoms with Crippen molar-refractivity contribution < 1.29 is 22.4 Å². The van der Waals surface area contributed by atoms with Crippen molar-refractivity contribution in [2.24, 2.45) is 5.73 Å². The molecule has 12 heteroatoms. The van der Waals surface area contributed by atoms with E-state index in [-0.39, 0.29) is 18.1 Å². The lowest BCUT2D eigenvalue weighted by molar-refractivity contribution is -0.145. The van der Waals surface area contributed by atoms with E-state index in [0.29, 0.717) is 36.0 Å². The van der Waals surface area contributed by atoms with Crippen LogP contribution in [0.25, 0.3) is 11.3 Å². The van der Waals surface area contributed by atoms with Crippen molar-refractivity contribution in [1.82, 2.24) is 24.4 Å². The SMILES string of the molecule is CC1(C)c2nc(-c3ccc(F)cc3)c(Nc3cnc(C(F)(F)F)nc3)n2CCN1C(=O)CN. The van der Waals surface area contributed by atoms with Crippen LogP contribution in [0.5, 0.6) is 0 Å². The molecule has 3 aromatic rings. The van der Waals surface area contributed by atoms with E-state index in [2.05, 4.69) is 15.3 Å². The third kappa shape index (κ3) is 4.13. The molecule has 0 radical (unpaired) electrons. The number of aromatic nitrogens is 4. The van der Waals surface area contributed by atoms with E-state index in [1.165, 1.54) is 12.1 Å². The summed E-state index contributed by atoms with van der Waals surface area (Å²) in [5.41, 5.74) is 5.99. The number of halogens is 4. The number of carbonyl (C=O) groups is 1. The largest absolute Gasteiger partial charge is 0.451 e. The van der Waals surface area contributed by atoms with Crippen LogP contribution in [-0.2, 0) is 23.1 Å². The summed E-state index contributed by atoms with van der Waals surface area (Å²) in [6.07, 6.45) is -2.60. The van der Waals surface area contributed by atoms with E-state index in [0.717, 1.165) is 12.4 Å². The summed E-state index contributed by atoms with van der Waals surface area (Å²) in [6, 6.07) is 5.67. The van der Waals surface area contributed by atoms with Crippen molar-refractivity contribution in [3.8, 4) is 11.3 Å². The molecule has 1 aromatic carbocycles. The summed E-state index contributed by atoms with van der Waals surface area (Å²) in [5, 5.41) is 3.05. The molecule has 0 saturated carbocycles. The van der Waals surface area contributed by atoms with Crippen LogP contribution in [0.15, 0.2) is 36.7 Å². The van der Waals surface area contributed by atoms with Gasteiger partial charge in [-0.3, -0.25) is 4.79 Å². The highest BCUT2D eigenvalue weighted by Crippen LogP contribution is 2.39. The van der Waals surface area contributed by atoms with Crippen LogP contribution in [0.4, 0.5) is 29.1 Å². The number of hydrogen-bond acceptors (Lipinski definition) is 6. The number of amides is 1. The van der Waals surface area contributed by atoms with E-state index in [1.54, 1.807) is 17.0 Å². The minimum absolute atomic E-state index is 0.150. The molecule has 2 aromatic heterocycles. The van der Waals surface area contributed by atoms with Crippen LogP contribution < -0.4 is 11.1 Å². The molecule has 3 N–H and O–H groups in total. The molecule has 0 bridgehead atoms. The number of carbonyl (C=O) groups excluding carboxylic acids is 1. The Morgan fingerprint density at radius 2 is 1.79 bits per heavy atom. The molecule has 0 saturated heterocycles. The lowest BCUT2D eigenvalue weighted by Crippen LogP contribution is -2.53. The quantitative estimate of drug-likeness (QED) is 0.576. The number of alkyl halides is 3. The Hall–Kier alpha value is -3.54. The molecule has 4 rings (SSSR count). The van der Waals surface area contributed by atoms with Gasteiger partial charge < -0.3 is 20.5 Å². The number of nitrogens with two attached hydrogens (primary N) is 1. The molecule has 1 aliphatic rings. The first-order valence-electron chi connectivity index (χ1n) is 10.1. The second-order valence-corrected chi connectivity index (χ2v) is 8.02. The summed E-state index contributed by atoms with van der Waals surface area (Å²) in [5.74, 6) is -0.895. The van der Waals surface area contributed by atoms with E-state index < -0.39 is 23.4 Å². The molecule has 0 fully saturated rings. The highest BCUT2D eigenvalue weighted by Gasteiger charge is 2.41. The van der Waals surface area contributed by atoms with E-state index in [9.17, 15) is 22.4 Å². The molecule has 0 unspecified atom stereocenters. The van der Waals surface area contributed by atoms with Crippen LogP contribution >= 0.6 is 0 Å². The predicted molar refractivity (Wildman–Crippen MR) is 112 cm³/mol. The van der Waals surface area contributed by atoms with Gasteiger partial charge >= 0.3 is 6.18 Å². The molecule has 0 aliphatic carbocycles. The van der Waals surface area contributed by atoms with Crippen molar-refractivity contribution in [3.63, 3.8) is 0 Å². The fourth-order valence-corrected chi connectivity index (χ4v) is 3.90.